The molecule has 148 valence electrons. The Hall–Kier alpha value is -2.81. The van der Waals surface area contributed by atoms with Crippen molar-refractivity contribution in [1.82, 2.24) is 0 Å². The van der Waals surface area contributed by atoms with Crippen molar-refractivity contribution < 1.29 is 28.2 Å². The van der Waals surface area contributed by atoms with Crippen molar-refractivity contribution in [2.24, 2.45) is 11.8 Å². The quantitative estimate of drug-likeness (QED) is 0.564. The minimum absolute atomic E-state index is 0.0121. The number of rotatable bonds is 4. The van der Waals surface area contributed by atoms with Gasteiger partial charge in [0.25, 0.3) is 0 Å². The fourth-order valence-corrected chi connectivity index (χ4v) is 3.88. The van der Waals surface area contributed by atoms with Crippen molar-refractivity contribution in [2.45, 2.75) is 46.1 Å². The van der Waals surface area contributed by atoms with Crippen LogP contribution in [0.15, 0.2) is 17.9 Å². The van der Waals surface area contributed by atoms with Gasteiger partial charge in [-0.3, -0.25) is 4.79 Å². The number of hydrogen-bond donors (Lipinski definition) is 0. The molecule has 1 aromatic rings. The summed E-state index contributed by atoms with van der Waals surface area (Å²) in [6, 6.07) is 2.84. The lowest BCUT2D eigenvalue weighted by Gasteiger charge is -2.26. The molecule has 1 saturated carbocycles. The van der Waals surface area contributed by atoms with Gasteiger partial charge in [0.2, 0.25) is 0 Å². The van der Waals surface area contributed by atoms with E-state index in [0.29, 0.717) is 24.8 Å². The van der Waals surface area contributed by atoms with Crippen LogP contribution in [-0.2, 0) is 14.3 Å². The van der Waals surface area contributed by atoms with Gasteiger partial charge in [-0.25, -0.2) is 9.18 Å². The van der Waals surface area contributed by atoms with Crippen molar-refractivity contribution in [3.05, 3.63) is 34.8 Å². The Morgan fingerprint density at radius 2 is 1.96 bits per heavy atom. The molecule has 2 unspecified atom stereocenters. The van der Waals surface area contributed by atoms with Crippen LogP contribution in [0, 0.1) is 29.5 Å². The predicted molar refractivity (Wildman–Crippen MR) is 101 cm³/mol. The average molecular weight is 386 g/mol. The first-order valence-electron chi connectivity index (χ1n) is 9.33. The Morgan fingerprint density at radius 1 is 1.25 bits per heavy atom. The standard InChI is InChI=1S/C22H23FO5/c1-5-6-13-9-16(23)18(17(10-13)26-4)19-20(24)14-7-8-15(11-14)21(19)28-22(25)27-12(2)3/h9-10,12,14-15H,7-8,11H2,1-4H3. The molecule has 2 atom stereocenters. The number of methoxy groups -OCH3 is 1. The molecule has 0 aliphatic heterocycles. The Balaban J connectivity index is 2.16. The fraction of sp³-hybridized carbons (Fsp3) is 0.455. The molecule has 0 N–H and O–H groups in total. The number of ketones is 1. The number of carbonyl (C=O) groups excluding carboxylic acids is 2. The van der Waals surface area contributed by atoms with E-state index in [4.69, 9.17) is 14.2 Å². The van der Waals surface area contributed by atoms with E-state index in [9.17, 15) is 9.59 Å². The van der Waals surface area contributed by atoms with Gasteiger partial charge in [0.15, 0.2) is 5.78 Å². The molecule has 5 nitrogen and oxygen atoms in total. The van der Waals surface area contributed by atoms with Crippen molar-refractivity contribution >= 4 is 17.5 Å². The molecule has 2 aliphatic carbocycles. The van der Waals surface area contributed by atoms with Gasteiger partial charge >= 0.3 is 6.16 Å². The molecular formula is C22H23FO5. The Bertz CT molecular complexity index is 903. The molecule has 0 heterocycles. The molecule has 0 spiro atoms. The molecule has 28 heavy (non-hydrogen) atoms. The monoisotopic (exact) mass is 386 g/mol. The van der Waals surface area contributed by atoms with Crippen molar-refractivity contribution in [2.75, 3.05) is 7.11 Å². The highest BCUT2D eigenvalue weighted by Crippen LogP contribution is 2.48. The minimum Gasteiger partial charge on any atom is -0.496 e. The predicted octanol–water partition coefficient (Wildman–Crippen LogP) is 4.48. The van der Waals surface area contributed by atoms with Gasteiger partial charge in [0, 0.05) is 17.4 Å². The zero-order valence-corrected chi connectivity index (χ0v) is 16.4. The number of carbonyl (C=O) groups is 2. The molecule has 0 aromatic heterocycles. The maximum Gasteiger partial charge on any atom is 0.513 e. The summed E-state index contributed by atoms with van der Waals surface area (Å²) in [4.78, 5) is 25.2. The maximum absolute atomic E-state index is 15.1. The summed E-state index contributed by atoms with van der Waals surface area (Å²) in [6.45, 7) is 5.05. The first-order chi connectivity index (χ1) is 13.3. The van der Waals surface area contributed by atoms with E-state index in [2.05, 4.69) is 11.8 Å². The number of halogens is 1. The van der Waals surface area contributed by atoms with Crippen molar-refractivity contribution in [3.8, 4) is 17.6 Å². The first kappa shape index (κ1) is 19.9. The van der Waals surface area contributed by atoms with E-state index in [0.717, 1.165) is 0 Å². The second-order valence-corrected chi connectivity index (χ2v) is 7.24. The van der Waals surface area contributed by atoms with Crippen LogP contribution < -0.4 is 4.74 Å². The Labute approximate surface area is 163 Å². The fourth-order valence-electron chi connectivity index (χ4n) is 3.88. The van der Waals surface area contributed by atoms with E-state index in [-0.39, 0.29) is 46.4 Å². The Morgan fingerprint density at radius 3 is 2.61 bits per heavy atom. The second kappa shape index (κ2) is 8.05. The Kier molecular flexibility index (Phi) is 5.73. The van der Waals surface area contributed by atoms with E-state index in [1.165, 1.54) is 13.2 Å². The number of Topliss-reactive ketones (excluding diaryl/α,β-unsaturated/α-hetero) is 1. The van der Waals surface area contributed by atoms with Gasteiger partial charge in [-0.1, -0.05) is 5.92 Å². The third-order valence-electron chi connectivity index (χ3n) is 4.99. The number of ether oxygens (including phenoxy) is 3. The summed E-state index contributed by atoms with van der Waals surface area (Å²) >= 11 is 0. The minimum atomic E-state index is -0.895. The summed E-state index contributed by atoms with van der Waals surface area (Å²) in [5.74, 6) is 4.65. The van der Waals surface area contributed by atoms with Gasteiger partial charge < -0.3 is 14.2 Å². The molecule has 1 fully saturated rings. The SMILES string of the molecule is CC#Cc1cc(F)c(C2=C(OC(=O)OC(C)C)C3CCC(C3)C2=O)c(OC)c1. The zero-order valence-electron chi connectivity index (χ0n) is 16.4. The van der Waals surface area contributed by atoms with E-state index in [1.54, 1.807) is 26.8 Å². The largest absolute Gasteiger partial charge is 0.513 e. The smallest absolute Gasteiger partial charge is 0.496 e. The molecular weight excluding hydrogens is 363 g/mol. The number of benzene rings is 1. The lowest BCUT2D eigenvalue weighted by Crippen LogP contribution is -2.25. The highest BCUT2D eigenvalue weighted by Gasteiger charge is 2.44. The van der Waals surface area contributed by atoms with Crippen LogP contribution in [0.4, 0.5) is 9.18 Å². The third-order valence-corrected chi connectivity index (χ3v) is 4.99. The lowest BCUT2D eigenvalue weighted by atomic mass is 9.82. The highest BCUT2D eigenvalue weighted by molar-refractivity contribution is 6.24. The van der Waals surface area contributed by atoms with Crippen LogP contribution in [0.3, 0.4) is 0 Å². The van der Waals surface area contributed by atoms with Crippen molar-refractivity contribution in [1.29, 1.82) is 0 Å². The number of fused-ring (bicyclic) bond motifs is 2. The van der Waals surface area contributed by atoms with Crippen LogP contribution in [0.5, 0.6) is 5.75 Å². The van der Waals surface area contributed by atoms with E-state index >= 15 is 4.39 Å². The summed E-state index contributed by atoms with van der Waals surface area (Å²) in [5.41, 5.74) is 0.525. The van der Waals surface area contributed by atoms with Crippen LogP contribution in [0.25, 0.3) is 5.57 Å². The van der Waals surface area contributed by atoms with E-state index < -0.39 is 12.0 Å². The summed E-state index contributed by atoms with van der Waals surface area (Å²) in [5, 5.41) is 0. The molecule has 2 bridgehead atoms. The second-order valence-electron chi connectivity index (χ2n) is 7.24. The highest BCUT2D eigenvalue weighted by atomic mass is 19.1. The molecule has 0 amide bonds. The molecule has 1 aromatic carbocycles. The molecule has 2 aliphatic rings. The van der Waals surface area contributed by atoms with Crippen LogP contribution in [-0.4, -0.2) is 25.2 Å². The molecule has 3 rings (SSSR count). The molecule has 6 heteroatoms. The maximum atomic E-state index is 15.1. The van der Waals surface area contributed by atoms with Gasteiger partial charge in [0.05, 0.1) is 24.4 Å². The first-order valence-corrected chi connectivity index (χ1v) is 9.33. The number of allylic oxidation sites excluding steroid dienone is 2. The summed E-state index contributed by atoms with van der Waals surface area (Å²) < 4.78 is 30.9. The van der Waals surface area contributed by atoms with Crippen LogP contribution in [0.2, 0.25) is 0 Å². The number of hydrogen-bond acceptors (Lipinski definition) is 5. The molecule has 0 radical (unpaired) electrons. The van der Waals surface area contributed by atoms with Gasteiger partial charge in [0.1, 0.15) is 17.3 Å². The van der Waals surface area contributed by atoms with Crippen LogP contribution in [0.1, 0.15) is 51.2 Å². The average Bonchev–Trinajstić information content (AvgIpc) is 3.07. The van der Waals surface area contributed by atoms with Gasteiger partial charge in [-0.15, -0.1) is 5.92 Å². The summed E-state index contributed by atoms with van der Waals surface area (Å²) in [7, 11) is 1.40. The normalized spacial score (nSPS) is 20.7. The zero-order chi connectivity index (χ0) is 20.4. The van der Waals surface area contributed by atoms with E-state index in [1.807, 2.05) is 0 Å². The van der Waals surface area contributed by atoms with Crippen molar-refractivity contribution in [3.63, 3.8) is 0 Å². The van der Waals surface area contributed by atoms with Gasteiger partial charge in [-0.2, -0.15) is 0 Å². The topological polar surface area (TPSA) is 61.8 Å². The van der Waals surface area contributed by atoms with Gasteiger partial charge in [-0.05, 0) is 52.2 Å². The molecule has 0 saturated heterocycles. The van der Waals surface area contributed by atoms with Crippen LogP contribution >= 0.6 is 0 Å². The lowest BCUT2D eigenvalue weighted by molar-refractivity contribution is -0.117. The summed E-state index contributed by atoms with van der Waals surface area (Å²) in [6.07, 6.45) is 0.713. The third kappa shape index (κ3) is 3.75.